The molecule has 0 aliphatic rings. The van der Waals surface area contributed by atoms with Gasteiger partial charge < -0.3 is 15.8 Å². The maximum Gasteiger partial charge on any atom is 0.225 e. The summed E-state index contributed by atoms with van der Waals surface area (Å²) in [7, 11) is 1.65. The number of carbonyl (C=O) groups excluding carboxylic acids is 1. The zero-order valence-electron chi connectivity index (χ0n) is 10.5. The van der Waals surface area contributed by atoms with Crippen LogP contribution < -0.4 is 11.1 Å². The van der Waals surface area contributed by atoms with Crippen molar-refractivity contribution in [2.75, 3.05) is 20.2 Å². The third kappa shape index (κ3) is 5.14. The summed E-state index contributed by atoms with van der Waals surface area (Å²) >= 11 is 0. The van der Waals surface area contributed by atoms with E-state index in [0.717, 1.165) is 0 Å². The summed E-state index contributed by atoms with van der Waals surface area (Å²) in [5, 5.41) is 2.65. The van der Waals surface area contributed by atoms with Gasteiger partial charge in [0.1, 0.15) is 0 Å². The van der Waals surface area contributed by atoms with Crippen LogP contribution in [0.4, 0.5) is 0 Å². The van der Waals surface area contributed by atoms with Crippen LogP contribution >= 0.6 is 0 Å². The zero-order chi connectivity index (χ0) is 12.1. The highest BCUT2D eigenvalue weighted by molar-refractivity contribution is 5.81. The van der Waals surface area contributed by atoms with Gasteiger partial charge in [0.05, 0.1) is 5.60 Å². The van der Waals surface area contributed by atoms with E-state index in [4.69, 9.17) is 10.5 Å². The third-order valence-electron chi connectivity index (χ3n) is 2.55. The summed E-state index contributed by atoms with van der Waals surface area (Å²) in [5.41, 5.74) is 4.84. The van der Waals surface area contributed by atoms with Gasteiger partial charge in [-0.3, -0.25) is 4.79 Å². The van der Waals surface area contributed by atoms with Crippen LogP contribution in [0.25, 0.3) is 0 Å². The van der Waals surface area contributed by atoms with Gasteiger partial charge >= 0.3 is 0 Å². The Labute approximate surface area is 92.6 Å². The minimum atomic E-state index is -0.389. The molecule has 0 aliphatic heterocycles. The summed E-state index contributed by atoms with van der Waals surface area (Å²) < 4.78 is 5.60. The van der Waals surface area contributed by atoms with Crippen molar-refractivity contribution in [3.05, 3.63) is 0 Å². The van der Waals surface area contributed by atoms with Gasteiger partial charge in [-0.1, -0.05) is 13.8 Å². The molecule has 4 nitrogen and oxygen atoms in total. The molecule has 0 saturated heterocycles. The monoisotopic (exact) mass is 216 g/mol. The van der Waals surface area contributed by atoms with Gasteiger partial charge in [-0.15, -0.1) is 0 Å². The first-order valence-electron chi connectivity index (χ1n) is 5.31. The molecule has 1 amide bonds. The standard InChI is InChI=1S/C11H24N2O2/c1-10(2,9(14)13-5)6-7-15-11(3,4)8-12/h6-8,12H2,1-5H3,(H,13,14). The number of nitrogens with one attached hydrogen (secondary N) is 1. The molecule has 4 heteroatoms. The molecular formula is C11H24N2O2. The maximum atomic E-state index is 11.5. The fourth-order valence-corrected chi connectivity index (χ4v) is 1.09. The van der Waals surface area contributed by atoms with Gasteiger partial charge in [0.25, 0.3) is 0 Å². The van der Waals surface area contributed by atoms with Crippen LogP contribution in [-0.4, -0.2) is 31.7 Å². The molecule has 0 saturated carbocycles. The molecule has 0 aromatic carbocycles. The molecule has 0 bridgehead atoms. The van der Waals surface area contributed by atoms with Crippen molar-refractivity contribution < 1.29 is 9.53 Å². The van der Waals surface area contributed by atoms with Crippen molar-refractivity contribution in [2.24, 2.45) is 11.1 Å². The molecule has 0 aromatic rings. The molecule has 90 valence electrons. The Bertz CT molecular complexity index is 213. The second-order valence-electron chi connectivity index (χ2n) is 5.03. The molecule has 0 fully saturated rings. The van der Waals surface area contributed by atoms with Crippen molar-refractivity contribution in [3.8, 4) is 0 Å². The number of amides is 1. The average molecular weight is 216 g/mol. The van der Waals surface area contributed by atoms with Gasteiger partial charge in [0.2, 0.25) is 5.91 Å². The molecular weight excluding hydrogens is 192 g/mol. The van der Waals surface area contributed by atoms with Crippen LogP contribution in [0, 0.1) is 5.41 Å². The molecule has 0 unspecified atom stereocenters. The molecule has 0 radical (unpaired) electrons. The molecule has 0 aliphatic carbocycles. The summed E-state index contributed by atoms with van der Waals surface area (Å²) in [6.07, 6.45) is 0.691. The first-order chi connectivity index (χ1) is 6.75. The molecule has 0 atom stereocenters. The first-order valence-corrected chi connectivity index (χ1v) is 5.31. The van der Waals surface area contributed by atoms with Crippen molar-refractivity contribution in [1.29, 1.82) is 0 Å². The van der Waals surface area contributed by atoms with E-state index in [9.17, 15) is 4.79 Å². The predicted octanol–water partition coefficient (Wildman–Crippen LogP) is 0.903. The SMILES string of the molecule is CNC(=O)C(C)(C)CCOC(C)(C)CN. The van der Waals surface area contributed by atoms with E-state index >= 15 is 0 Å². The van der Waals surface area contributed by atoms with E-state index in [2.05, 4.69) is 5.32 Å². The highest BCUT2D eigenvalue weighted by atomic mass is 16.5. The van der Waals surface area contributed by atoms with E-state index in [1.165, 1.54) is 0 Å². The van der Waals surface area contributed by atoms with Gasteiger partial charge in [0, 0.05) is 25.6 Å². The normalized spacial score (nSPS) is 12.7. The van der Waals surface area contributed by atoms with E-state index in [-0.39, 0.29) is 16.9 Å². The van der Waals surface area contributed by atoms with Crippen LogP contribution in [0.1, 0.15) is 34.1 Å². The third-order valence-corrected chi connectivity index (χ3v) is 2.55. The molecule has 15 heavy (non-hydrogen) atoms. The molecule has 0 heterocycles. The summed E-state index contributed by atoms with van der Waals surface area (Å²) in [5.74, 6) is 0.0386. The van der Waals surface area contributed by atoms with Crippen LogP contribution in [0.2, 0.25) is 0 Å². The lowest BCUT2D eigenvalue weighted by atomic mass is 9.88. The lowest BCUT2D eigenvalue weighted by Gasteiger charge is -2.27. The largest absolute Gasteiger partial charge is 0.374 e. The highest BCUT2D eigenvalue weighted by Gasteiger charge is 2.27. The van der Waals surface area contributed by atoms with Crippen LogP contribution in [0.5, 0.6) is 0 Å². The first kappa shape index (κ1) is 14.4. The minimum absolute atomic E-state index is 0.0386. The quantitative estimate of drug-likeness (QED) is 0.693. The van der Waals surface area contributed by atoms with E-state index < -0.39 is 0 Å². The second kappa shape index (κ2) is 5.47. The van der Waals surface area contributed by atoms with Crippen LogP contribution in [0.15, 0.2) is 0 Å². The van der Waals surface area contributed by atoms with Gasteiger partial charge in [-0.2, -0.15) is 0 Å². The second-order valence-corrected chi connectivity index (χ2v) is 5.03. The van der Waals surface area contributed by atoms with Gasteiger partial charge in [-0.25, -0.2) is 0 Å². The van der Waals surface area contributed by atoms with Crippen molar-refractivity contribution in [3.63, 3.8) is 0 Å². The number of rotatable bonds is 6. The van der Waals surface area contributed by atoms with Gasteiger partial charge in [0.15, 0.2) is 0 Å². The summed E-state index contributed by atoms with van der Waals surface area (Å²) in [6.45, 7) is 8.73. The fraction of sp³-hybridized carbons (Fsp3) is 0.909. The number of nitrogens with two attached hydrogens (primary N) is 1. The smallest absolute Gasteiger partial charge is 0.225 e. The lowest BCUT2D eigenvalue weighted by molar-refractivity contribution is -0.130. The number of hydrogen-bond acceptors (Lipinski definition) is 3. The predicted molar refractivity (Wildman–Crippen MR) is 61.6 cm³/mol. The fourth-order valence-electron chi connectivity index (χ4n) is 1.09. The Morgan fingerprint density at radius 3 is 2.27 bits per heavy atom. The molecule has 0 rings (SSSR count). The van der Waals surface area contributed by atoms with Crippen molar-refractivity contribution in [1.82, 2.24) is 5.32 Å². The van der Waals surface area contributed by atoms with Gasteiger partial charge in [-0.05, 0) is 20.3 Å². The Kier molecular flexibility index (Phi) is 5.24. The number of carbonyl (C=O) groups is 1. The minimum Gasteiger partial charge on any atom is -0.374 e. The molecule has 0 aromatic heterocycles. The summed E-state index contributed by atoms with van der Waals surface area (Å²) in [4.78, 5) is 11.5. The number of hydrogen-bond donors (Lipinski definition) is 2. The topological polar surface area (TPSA) is 64.3 Å². The van der Waals surface area contributed by atoms with E-state index in [1.54, 1.807) is 7.05 Å². The van der Waals surface area contributed by atoms with Crippen LogP contribution in [0.3, 0.4) is 0 Å². The molecule has 0 spiro atoms. The lowest BCUT2D eigenvalue weighted by Crippen LogP contribution is -2.38. The zero-order valence-corrected chi connectivity index (χ0v) is 10.5. The average Bonchev–Trinajstić information content (AvgIpc) is 2.16. The van der Waals surface area contributed by atoms with E-state index in [1.807, 2.05) is 27.7 Å². The van der Waals surface area contributed by atoms with Crippen molar-refractivity contribution in [2.45, 2.75) is 39.7 Å². The Balaban J connectivity index is 4.00. The summed E-state index contributed by atoms with van der Waals surface area (Å²) in [6, 6.07) is 0. The maximum absolute atomic E-state index is 11.5. The Morgan fingerprint density at radius 1 is 1.33 bits per heavy atom. The molecule has 3 N–H and O–H groups in total. The Morgan fingerprint density at radius 2 is 1.87 bits per heavy atom. The van der Waals surface area contributed by atoms with E-state index in [0.29, 0.717) is 19.6 Å². The Hall–Kier alpha value is -0.610. The van der Waals surface area contributed by atoms with Crippen LogP contribution in [-0.2, 0) is 9.53 Å². The van der Waals surface area contributed by atoms with Crippen molar-refractivity contribution >= 4 is 5.91 Å². The number of ether oxygens (including phenoxy) is 1. The highest BCUT2D eigenvalue weighted by Crippen LogP contribution is 2.21.